The zero-order valence-electron chi connectivity index (χ0n) is 23.4. The minimum Gasteiger partial charge on any atom is -0.325 e. The smallest absolute Gasteiger partial charge is 0.214 e. The van der Waals surface area contributed by atoms with Crippen molar-refractivity contribution in [3.63, 3.8) is 0 Å². The van der Waals surface area contributed by atoms with Crippen molar-refractivity contribution in [1.82, 2.24) is 29.6 Å². The maximum atomic E-state index is 4.98. The fraction of sp³-hybridized carbons (Fsp3) is 0.353. The average molecular weight is 542 g/mol. The van der Waals surface area contributed by atoms with Crippen LogP contribution in [0.4, 0.5) is 11.6 Å². The van der Waals surface area contributed by atoms with Gasteiger partial charge in [-0.05, 0) is 117 Å². The van der Waals surface area contributed by atoms with Gasteiger partial charge in [0, 0.05) is 23.5 Å². The van der Waals surface area contributed by atoms with Gasteiger partial charge in [-0.3, -0.25) is 9.55 Å². The zero-order chi connectivity index (χ0) is 27.2. The molecule has 0 spiro atoms. The maximum Gasteiger partial charge on any atom is 0.214 e. The molecule has 1 saturated heterocycles. The van der Waals surface area contributed by atoms with E-state index in [0.29, 0.717) is 0 Å². The molecule has 1 atom stereocenters. The number of anilines is 2. The minimum absolute atomic E-state index is 0.719. The van der Waals surface area contributed by atoms with E-state index in [9.17, 15) is 0 Å². The molecule has 7 nitrogen and oxygen atoms in total. The zero-order valence-corrected chi connectivity index (χ0v) is 23.4. The molecule has 1 fully saturated rings. The molecule has 7 heteroatoms. The number of imidazole rings is 1. The molecule has 0 bridgehead atoms. The second-order valence-electron chi connectivity index (χ2n) is 11.8. The van der Waals surface area contributed by atoms with Crippen LogP contribution in [0.15, 0.2) is 67.0 Å². The Morgan fingerprint density at radius 3 is 2.54 bits per heavy atom. The standard InChI is InChI=1S/C34H35N7/c1-2-9-29-24(6-1)7-5-8-26-21-32(38-39-33(26)29)41-31-22-35-17-16-30(31)37-34(41)36-27-13-10-23-11-14-28(15-12-25(23)20-27)40-18-3-4-19-40/h1-2,6,9-10,13,16-17,20-22,28H,3-5,7-8,11-12,14-15,18-19H2,(H,36,37). The lowest BCUT2D eigenvalue weighted by Crippen LogP contribution is -2.32. The lowest BCUT2D eigenvalue weighted by molar-refractivity contribution is 0.222. The Balaban J connectivity index is 1.14. The lowest BCUT2D eigenvalue weighted by atomic mass is 10.0. The van der Waals surface area contributed by atoms with Crippen molar-refractivity contribution in [3.8, 4) is 17.1 Å². The Bertz CT molecular complexity index is 1730. The van der Waals surface area contributed by atoms with Crippen LogP contribution in [-0.2, 0) is 25.7 Å². The first kappa shape index (κ1) is 24.7. The third-order valence-electron chi connectivity index (χ3n) is 9.32. The van der Waals surface area contributed by atoms with Gasteiger partial charge in [-0.1, -0.05) is 30.3 Å². The van der Waals surface area contributed by atoms with Crippen LogP contribution in [-0.4, -0.2) is 48.8 Å². The molecule has 0 saturated carbocycles. The van der Waals surface area contributed by atoms with E-state index in [4.69, 9.17) is 15.2 Å². The highest BCUT2D eigenvalue weighted by Gasteiger charge is 2.25. The molecule has 1 aliphatic heterocycles. The topological polar surface area (TPSA) is 71.8 Å². The highest BCUT2D eigenvalue weighted by molar-refractivity contribution is 5.81. The number of hydrogen-bond acceptors (Lipinski definition) is 6. The van der Waals surface area contributed by atoms with Crippen molar-refractivity contribution >= 4 is 22.7 Å². The summed E-state index contributed by atoms with van der Waals surface area (Å²) in [5, 5.41) is 13.2. The molecule has 8 rings (SSSR count). The highest BCUT2D eigenvalue weighted by atomic mass is 15.3. The lowest BCUT2D eigenvalue weighted by Gasteiger charge is -2.25. The van der Waals surface area contributed by atoms with E-state index in [0.717, 1.165) is 72.3 Å². The number of likely N-dealkylation sites (tertiary alicyclic amines) is 1. The first-order chi connectivity index (χ1) is 20.3. The van der Waals surface area contributed by atoms with Crippen LogP contribution in [0.5, 0.6) is 0 Å². The van der Waals surface area contributed by atoms with E-state index in [-0.39, 0.29) is 0 Å². The molecule has 2 aliphatic carbocycles. The largest absolute Gasteiger partial charge is 0.325 e. The molecule has 1 unspecified atom stereocenters. The van der Waals surface area contributed by atoms with Gasteiger partial charge in [0.05, 0.1) is 22.9 Å². The molecule has 3 aliphatic rings. The number of nitrogens with zero attached hydrogens (tertiary/aromatic N) is 6. The minimum atomic E-state index is 0.719. The van der Waals surface area contributed by atoms with Crippen molar-refractivity contribution in [2.75, 3.05) is 18.4 Å². The van der Waals surface area contributed by atoms with Crippen molar-refractivity contribution in [2.45, 2.75) is 63.8 Å². The Morgan fingerprint density at radius 1 is 0.756 bits per heavy atom. The van der Waals surface area contributed by atoms with E-state index < -0.39 is 0 Å². The molecule has 206 valence electrons. The van der Waals surface area contributed by atoms with Crippen LogP contribution in [0.1, 0.15) is 54.4 Å². The predicted octanol–water partition coefficient (Wildman–Crippen LogP) is 6.45. The summed E-state index contributed by atoms with van der Waals surface area (Å²) in [5.74, 6) is 1.50. The number of benzene rings is 2. The summed E-state index contributed by atoms with van der Waals surface area (Å²) < 4.78 is 2.07. The predicted molar refractivity (Wildman–Crippen MR) is 163 cm³/mol. The van der Waals surface area contributed by atoms with Gasteiger partial charge < -0.3 is 10.2 Å². The first-order valence-electron chi connectivity index (χ1n) is 15.2. The van der Waals surface area contributed by atoms with E-state index in [1.807, 2.05) is 12.3 Å². The highest BCUT2D eigenvalue weighted by Crippen LogP contribution is 2.34. The number of pyridine rings is 1. The molecule has 3 aromatic heterocycles. The van der Waals surface area contributed by atoms with Crippen LogP contribution >= 0.6 is 0 Å². The summed E-state index contributed by atoms with van der Waals surface area (Å²) in [5.41, 5.74) is 10.6. The number of fused-ring (bicyclic) bond motifs is 5. The van der Waals surface area contributed by atoms with Crippen molar-refractivity contribution in [3.05, 3.63) is 89.2 Å². The second kappa shape index (κ2) is 10.4. The van der Waals surface area contributed by atoms with Gasteiger partial charge in [-0.2, -0.15) is 0 Å². The number of aromatic nitrogens is 5. The Labute approximate surface area is 240 Å². The monoisotopic (exact) mass is 541 g/mol. The average Bonchev–Trinajstić information content (AvgIpc) is 3.56. The van der Waals surface area contributed by atoms with E-state index in [1.54, 1.807) is 6.20 Å². The SMILES string of the molecule is c1ccc2c(c1)CCCc1cc(-n3c(Nc4ccc5c(c4)CCC(N4CCCC4)CC5)nc4ccncc43)nnc1-2. The fourth-order valence-electron chi connectivity index (χ4n) is 7.19. The molecule has 0 radical (unpaired) electrons. The van der Waals surface area contributed by atoms with Crippen LogP contribution in [0.25, 0.3) is 28.1 Å². The molecule has 4 heterocycles. The van der Waals surface area contributed by atoms with Crippen molar-refractivity contribution < 1.29 is 0 Å². The molecule has 1 N–H and O–H groups in total. The van der Waals surface area contributed by atoms with E-state index in [1.165, 1.54) is 66.6 Å². The van der Waals surface area contributed by atoms with Crippen molar-refractivity contribution in [2.24, 2.45) is 0 Å². The molecule has 5 aromatic rings. The van der Waals surface area contributed by atoms with Crippen LogP contribution in [0.3, 0.4) is 0 Å². The number of hydrogen-bond donors (Lipinski definition) is 1. The molecular formula is C34H35N7. The third kappa shape index (κ3) is 4.58. The summed E-state index contributed by atoms with van der Waals surface area (Å²) in [7, 11) is 0. The maximum absolute atomic E-state index is 4.98. The summed E-state index contributed by atoms with van der Waals surface area (Å²) in [6.45, 7) is 2.55. The van der Waals surface area contributed by atoms with E-state index in [2.05, 4.69) is 68.3 Å². The van der Waals surface area contributed by atoms with Gasteiger partial charge in [-0.25, -0.2) is 4.98 Å². The van der Waals surface area contributed by atoms with Crippen LogP contribution in [0.2, 0.25) is 0 Å². The first-order valence-corrected chi connectivity index (χ1v) is 15.2. The summed E-state index contributed by atoms with van der Waals surface area (Å²) in [6, 6.07) is 20.3. The number of nitrogens with one attached hydrogen (secondary N) is 1. The Morgan fingerprint density at radius 2 is 1.61 bits per heavy atom. The quantitative estimate of drug-likeness (QED) is 0.264. The molecule has 41 heavy (non-hydrogen) atoms. The molecule has 2 aromatic carbocycles. The molecular weight excluding hydrogens is 506 g/mol. The van der Waals surface area contributed by atoms with Gasteiger partial charge in [0.1, 0.15) is 0 Å². The summed E-state index contributed by atoms with van der Waals surface area (Å²) in [6.07, 6.45) is 14.3. The van der Waals surface area contributed by atoms with Gasteiger partial charge >= 0.3 is 0 Å². The molecule has 0 amide bonds. The van der Waals surface area contributed by atoms with E-state index >= 15 is 0 Å². The number of rotatable bonds is 4. The Hall–Kier alpha value is -4.10. The summed E-state index contributed by atoms with van der Waals surface area (Å²) in [4.78, 5) is 12.1. The number of aryl methyl sites for hydroxylation is 4. The van der Waals surface area contributed by atoms with Gasteiger partial charge in [0.15, 0.2) is 5.82 Å². The van der Waals surface area contributed by atoms with Gasteiger partial charge in [-0.15, -0.1) is 10.2 Å². The normalized spacial score (nSPS) is 18.8. The van der Waals surface area contributed by atoms with Crippen LogP contribution in [0, 0.1) is 0 Å². The van der Waals surface area contributed by atoms with Gasteiger partial charge in [0.2, 0.25) is 5.95 Å². The Kier molecular flexibility index (Phi) is 6.25. The second-order valence-corrected chi connectivity index (χ2v) is 11.8. The van der Waals surface area contributed by atoms with Crippen molar-refractivity contribution in [1.29, 1.82) is 0 Å². The summed E-state index contributed by atoms with van der Waals surface area (Å²) >= 11 is 0. The van der Waals surface area contributed by atoms with Gasteiger partial charge in [0.25, 0.3) is 0 Å². The third-order valence-corrected chi connectivity index (χ3v) is 9.32. The fourth-order valence-corrected chi connectivity index (χ4v) is 7.19. The van der Waals surface area contributed by atoms with Crippen LogP contribution < -0.4 is 5.32 Å².